The second kappa shape index (κ2) is 10.1. The van der Waals surface area contributed by atoms with Gasteiger partial charge < -0.3 is 0 Å². The Labute approximate surface area is 205 Å². The van der Waals surface area contributed by atoms with Crippen molar-refractivity contribution in [2.75, 3.05) is 5.88 Å². The van der Waals surface area contributed by atoms with Gasteiger partial charge in [0.1, 0.15) is 11.9 Å². The molecule has 0 saturated carbocycles. The Bertz CT molecular complexity index is 1140. The SMILES string of the molecule is O=C(c1ccc(F)cc1)[C@H](CCCl)N(C(=O)c1ccccc1Cl)N1C(=O)[C@@H]2CC=CC[C@H]2C1=O. The maximum atomic E-state index is 13.8. The van der Waals surface area contributed by atoms with E-state index in [-0.39, 0.29) is 28.5 Å². The number of Topliss-reactive ketones (excluding diaryl/α,β-unsaturated/α-hetero) is 1. The molecule has 9 heteroatoms. The Hall–Kier alpha value is -3.03. The molecule has 1 saturated heterocycles. The highest BCUT2D eigenvalue weighted by Gasteiger charge is 2.53. The molecular formula is C25H21Cl2FN2O4. The van der Waals surface area contributed by atoms with Crippen LogP contribution in [-0.4, -0.2) is 45.4 Å². The van der Waals surface area contributed by atoms with Crippen molar-refractivity contribution in [2.24, 2.45) is 11.8 Å². The number of amides is 3. The van der Waals surface area contributed by atoms with E-state index in [1.165, 1.54) is 24.3 Å². The number of fused-ring (bicyclic) bond motifs is 1. The zero-order valence-electron chi connectivity index (χ0n) is 18.0. The van der Waals surface area contributed by atoms with Gasteiger partial charge in [0.25, 0.3) is 17.7 Å². The van der Waals surface area contributed by atoms with Crippen LogP contribution in [-0.2, 0) is 9.59 Å². The average molecular weight is 503 g/mol. The van der Waals surface area contributed by atoms with Crippen LogP contribution in [0.2, 0.25) is 5.02 Å². The van der Waals surface area contributed by atoms with Crippen LogP contribution in [0.1, 0.15) is 40.0 Å². The van der Waals surface area contributed by atoms with Crippen LogP contribution in [0, 0.1) is 17.7 Å². The molecule has 2 aromatic rings. The van der Waals surface area contributed by atoms with Gasteiger partial charge in [0.2, 0.25) is 0 Å². The molecule has 1 heterocycles. The number of nitrogens with zero attached hydrogens (tertiary/aromatic N) is 2. The van der Waals surface area contributed by atoms with Crippen LogP contribution in [0.15, 0.2) is 60.7 Å². The van der Waals surface area contributed by atoms with E-state index >= 15 is 0 Å². The van der Waals surface area contributed by atoms with Gasteiger partial charge in [0.15, 0.2) is 5.78 Å². The minimum Gasteiger partial charge on any atom is -0.292 e. The molecule has 1 aliphatic carbocycles. The van der Waals surface area contributed by atoms with E-state index in [0.717, 1.165) is 22.2 Å². The number of hydrogen-bond acceptors (Lipinski definition) is 4. The van der Waals surface area contributed by atoms with Crippen molar-refractivity contribution in [3.05, 3.63) is 82.6 Å². The molecule has 34 heavy (non-hydrogen) atoms. The number of imide groups is 1. The van der Waals surface area contributed by atoms with Gasteiger partial charge in [-0.05, 0) is 55.7 Å². The Kier molecular flexibility index (Phi) is 7.14. The van der Waals surface area contributed by atoms with Crippen LogP contribution in [0.4, 0.5) is 4.39 Å². The van der Waals surface area contributed by atoms with Gasteiger partial charge in [0.05, 0.1) is 22.4 Å². The van der Waals surface area contributed by atoms with E-state index in [4.69, 9.17) is 23.2 Å². The number of ketones is 1. The third-order valence-electron chi connectivity index (χ3n) is 6.12. The average Bonchev–Trinajstić information content (AvgIpc) is 3.09. The number of benzene rings is 2. The summed E-state index contributed by atoms with van der Waals surface area (Å²) in [5.74, 6) is -4.24. The number of carbonyl (C=O) groups excluding carboxylic acids is 4. The van der Waals surface area contributed by atoms with Crippen LogP contribution in [0.3, 0.4) is 0 Å². The lowest BCUT2D eigenvalue weighted by Crippen LogP contribution is -2.57. The van der Waals surface area contributed by atoms with E-state index in [1.54, 1.807) is 12.1 Å². The highest BCUT2D eigenvalue weighted by molar-refractivity contribution is 6.34. The van der Waals surface area contributed by atoms with Gasteiger partial charge >= 0.3 is 0 Å². The largest absolute Gasteiger partial charge is 0.292 e. The molecule has 3 atom stereocenters. The molecule has 0 N–H and O–H groups in total. The molecule has 0 aromatic heterocycles. The van der Waals surface area contributed by atoms with Crippen molar-refractivity contribution >= 4 is 46.7 Å². The first-order chi connectivity index (χ1) is 16.3. The first-order valence-corrected chi connectivity index (χ1v) is 11.7. The van der Waals surface area contributed by atoms with E-state index in [9.17, 15) is 23.6 Å². The third-order valence-corrected chi connectivity index (χ3v) is 6.67. The molecular weight excluding hydrogens is 482 g/mol. The molecule has 0 spiro atoms. The van der Waals surface area contributed by atoms with Gasteiger partial charge in [-0.25, -0.2) is 9.40 Å². The zero-order chi connectivity index (χ0) is 24.4. The Balaban J connectivity index is 1.82. The number of hydrogen-bond donors (Lipinski definition) is 0. The summed E-state index contributed by atoms with van der Waals surface area (Å²) in [4.78, 5) is 54.1. The van der Waals surface area contributed by atoms with Crippen LogP contribution in [0.5, 0.6) is 0 Å². The van der Waals surface area contributed by atoms with E-state index < -0.39 is 47.2 Å². The third kappa shape index (κ3) is 4.38. The summed E-state index contributed by atoms with van der Waals surface area (Å²) in [6.07, 6.45) is 4.35. The zero-order valence-corrected chi connectivity index (χ0v) is 19.5. The Morgan fingerprint density at radius 1 is 1.00 bits per heavy atom. The molecule has 6 nitrogen and oxygen atoms in total. The first-order valence-electron chi connectivity index (χ1n) is 10.8. The van der Waals surface area contributed by atoms with Crippen LogP contribution >= 0.6 is 23.2 Å². The summed E-state index contributed by atoms with van der Waals surface area (Å²) in [6.45, 7) is 0. The summed E-state index contributed by atoms with van der Waals surface area (Å²) in [5, 5.41) is 1.81. The molecule has 4 rings (SSSR count). The van der Waals surface area contributed by atoms with Crippen LogP contribution < -0.4 is 0 Å². The molecule has 1 fully saturated rings. The maximum absolute atomic E-state index is 13.8. The Morgan fingerprint density at radius 2 is 1.59 bits per heavy atom. The lowest BCUT2D eigenvalue weighted by Gasteiger charge is -2.36. The molecule has 2 aliphatic rings. The smallest absolute Gasteiger partial charge is 0.275 e. The van der Waals surface area contributed by atoms with E-state index in [2.05, 4.69) is 0 Å². The molecule has 3 amide bonds. The minimum absolute atomic E-state index is 0.0317. The highest BCUT2D eigenvalue weighted by Crippen LogP contribution is 2.37. The predicted molar refractivity (Wildman–Crippen MR) is 125 cm³/mol. The van der Waals surface area contributed by atoms with Gasteiger partial charge in [-0.1, -0.05) is 35.9 Å². The van der Waals surface area contributed by atoms with Crippen molar-refractivity contribution in [1.82, 2.24) is 10.0 Å². The van der Waals surface area contributed by atoms with Crippen molar-refractivity contribution in [3.63, 3.8) is 0 Å². The van der Waals surface area contributed by atoms with Gasteiger partial charge in [-0.15, -0.1) is 11.6 Å². The number of halogens is 3. The Morgan fingerprint density at radius 3 is 2.15 bits per heavy atom. The highest BCUT2D eigenvalue weighted by atomic mass is 35.5. The summed E-state index contributed by atoms with van der Waals surface area (Å²) >= 11 is 12.3. The van der Waals surface area contributed by atoms with Crippen LogP contribution in [0.25, 0.3) is 0 Å². The maximum Gasteiger partial charge on any atom is 0.275 e. The lowest BCUT2D eigenvalue weighted by atomic mass is 9.85. The molecule has 0 bridgehead atoms. The first kappa shape index (κ1) is 24.1. The quantitative estimate of drug-likeness (QED) is 0.238. The number of rotatable bonds is 7. The fourth-order valence-electron chi connectivity index (χ4n) is 4.40. The van der Waals surface area contributed by atoms with Gasteiger partial charge in [0, 0.05) is 11.4 Å². The molecule has 0 unspecified atom stereocenters. The fraction of sp³-hybridized carbons (Fsp3) is 0.280. The normalized spacial score (nSPS) is 20.3. The van der Waals surface area contributed by atoms with Crippen molar-refractivity contribution < 1.29 is 23.6 Å². The summed E-state index contributed by atoms with van der Waals surface area (Å²) in [6, 6.07) is 9.72. The van der Waals surface area contributed by atoms with Crippen molar-refractivity contribution in [3.8, 4) is 0 Å². The second-order valence-electron chi connectivity index (χ2n) is 8.14. The summed E-state index contributed by atoms with van der Waals surface area (Å²) in [7, 11) is 0. The predicted octanol–water partition coefficient (Wildman–Crippen LogP) is 4.67. The van der Waals surface area contributed by atoms with E-state index in [1.807, 2.05) is 12.2 Å². The minimum atomic E-state index is -1.28. The standard InChI is InChI=1S/C25H21Cl2FN2O4/c26-14-13-21(22(31)15-9-11-16(28)12-10-15)29(25(34)19-7-3-4-8-20(19)27)30-23(32)17-5-1-2-6-18(17)24(30)33/h1-4,7-12,17-18,21H,5-6,13-14H2/t17-,18-,21+/m1/s1. The number of hydrazine groups is 1. The second-order valence-corrected chi connectivity index (χ2v) is 8.92. The number of allylic oxidation sites excluding steroid dienone is 2. The van der Waals surface area contributed by atoms with Gasteiger partial charge in [-0.2, -0.15) is 5.01 Å². The number of alkyl halides is 1. The summed E-state index contributed by atoms with van der Waals surface area (Å²) in [5.41, 5.74) is 0.149. The monoisotopic (exact) mass is 502 g/mol. The van der Waals surface area contributed by atoms with Crippen molar-refractivity contribution in [2.45, 2.75) is 25.3 Å². The van der Waals surface area contributed by atoms with E-state index in [0.29, 0.717) is 12.8 Å². The molecule has 2 aromatic carbocycles. The topological polar surface area (TPSA) is 74.8 Å². The molecule has 1 aliphatic heterocycles. The number of carbonyl (C=O) groups is 4. The fourth-order valence-corrected chi connectivity index (χ4v) is 4.82. The summed E-state index contributed by atoms with van der Waals surface area (Å²) < 4.78 is 13.5. The molecule has 0 radical (unpaired) electrons. The lowest BCUT2D eigenvalue weighted by molar-refractivity contribution is -0.156. The molecule has 176 valence electrons. The van der Waals surface area contributed by atoms with Gasteiger partial charge in [-0.3, -0.25) is 19.2 Å². The van der Waals surface area contributed by atoms with Crippen molar-refractivity contribution in [1.29, 1.82) is 0 Å².